The lowest BCUT2D eigenvalue weighted by molar-refractivity contribution is -0.113. The molecule has 0 bridgehead atoms. The number of aryl methyl sites for hydroxylation is 1. The van der Waals surface area contributed by atoms with E-state index >= 15 is 0 Å². The quantitative estimate of drug-likeness (QED) is 0.891. The molecular weight excluding hydrogens is 274 g/mol. The van der Waals surface area contributed by atoms with Gasteiger partial charge >= 0.3 is 0 Å². The summed E-state index contributed by atoms with van der Waals surface area (Å²) in [5.74, 6) is 1.84. The third kappa shape index (κ3) is 2.27. The average Bonchev–Trinajstić information content (AvgIpc) is 2.72. The second-order valence-electron chi connectivity index (χ2n) is 4.63. The van der Waals surface area contributed by atoms with Gasteiger partial charge in [0.2, 0.25) is 5.91 Å². The Kier molecular flexibility index (Phi) is 3.40. The minimum Gasteiger partial charge on any atom is -0.497 e. The summed E-state index contributed by atoms with van der Waals surface area (Å²) in [6, 6.07) is 7.93. The van der Waals surface area contributed by atoms with E-state index in [1.165, 1.54) is 0 Å². The lowest BCUT2D eigenvalue weighted by Gasteiger charge is -2.15. The van der Waals surface area contributed by atoms with Crippen molar-refractivity contribution >= 4 is 23.5 Å². The smallest absolute Gasteiger partial charge is 0.235 e. The van der Waals surface area contributed by atoms with Crippen molar-refractivity contribution in [3.63, 3.8) is 0 Å². The lowest BCUT2D eigenvalue weighted by atomic mass is 10.0. The molecule has 2 aromatic rings. The highest BCUT2D eigenvalue weighted by Crippen LogP contribution is 2.42. The normalized spacial score (nSPS) is 18.1. The summed E-state index contributed by atoms with van der Waals surface area (Å²) in [5, 5.41) is 10.0. The van der Waals surface area contributed by atoms with E-state index in [1.54, 1.807) is 18.9 Å². The van der Waals surface area contributed by atoms with Gasteiger partial charge in [-0.3, -0.25) is 9.89 Å². The van der Waals surface area contributed by atoms with Crippen LogP contribution in [0.3, 0.4) is 0 Å². The second kappa shape index (κ2) is 5.20. The van der Waals surface area contributed by atoms with Crippen molar-refractivity contribution in [3.8, 4) is 5.75 Å². The van der Waals surface area contributed by atoms with E-state index in [4.69, 9.17) is 4.74 Å². The Morgan fingerprint density at radius 3 is 3.10 bits per heavy atom. The number of hydrogen-bond donors (Lipinski definition) is 2. The molecule has 1 aliphatic rings. The zero-order valence-electron chi connectivity index (χ0n) is 11.3. The van der Waals surface area contributed by atoms with Crippen LogP contribution < -0.4 is 10.1 Å². The number of benzene rings is 1. The molecule has 5 nitrogen and oxygen atoms in total. The van der Waals surface area contributed by atoms with Crippen LogP contribution in [0.5, 0.6) is 5.75 Å². The molecule has 104 valence electrons. The minimum atomic E-state index is -0.0202. The van der Waals surface area contributed by atoms with Gasteiger partial charge in [0.1, 0.15) is 5.75 Å². The molecule has 0 spiro atoms. The van der Waals surface area contributed by atoms with Crippen molar-refractivity contribution in [2.24, 2.45) is 0 Å². The molecular formula is C14H15N3O2S. The Morgan fingerprint density at radius 1 is 1.45 bits per heavy atom. The summed E-state index contributed by atoms with van der Waals surface area (Å²) in [6.45, 7) is 1.97. The van der Waals surface area contributed by atoms with Gasteiger partial charge in [0.25, 0.3) is 0 Å². The number of methoxy groups -OCH3 is 1. The highest BCUT2D eigenvalue weighted by molar-refractivity contribution is 8.00. The van der Waals surface area contributed by atoms with Crippen LogP contribution >= 0.6 is 11.8 Å². The molecule has 1 aliphatic heterocycles. The number of carbonyl (C=O) groups excluding carboxylic acids is 1. The fourth-order valence-electron chi connectivity index (χ4n) is 2.33. The highest BCUT2D eigenvalue weighted by Gasteiger charge is 2.28. The molecule has 2 heterocycles. The standard InChI is InChI=1S/C14H15N3O2S/c1-8-12-13(9-4-3-5-10(6-9)19-2)20-7-11(18)15-14(12)17-16-8/h3-6,13H,7H2,1-2H3,(H2,15,16,17,18)/t13-/m0/s1. The first-order valence-electron chi connectivity index (χ1n) is 6.29. The largest absolute Gasteiger partial charge is 0.497 e. The van der Waals surface area contributed by atoms with Crippen LogP contribution in [0.1, 0.15) is 22.1 Å². The van der Waals surface area contributed by atoms with Crippen molar-refractivity contribution in [1.29, 1.82) is 0 Å². The minimum absolute atomic E-state index is 0.0202. The van der Waals surface area contributed by atoms with E-state index in [-0.39, 0.29) is 11.2 Å². The Bertz CT molecular complexity index is 654. The fraction of sp³-hybridized carbons (Fsp3) is 0.286. The number of rotatable bonds is 2. The van der Waals surface area contributed by atoms with Crippen LogP contribution in [0.4, 0.5) is 5.82 Å². The number of aromatic nitrogens is 2. The Labute approximate surface area is 121 Å². The highest BCUT2D eigenvalue weighted by atomic mass is 32.2. The third-order valence-electron chi connectivity index (χ3n) is 3.29. The first-order chi connectivity index (χ1) is 9.69. The SMILES string of the molecule is COc1cccc([C@@H]2SCC(=O)Nc3n[nH]c(C)c32)c1. The van der Waals surface area contributed by atoms with Crippen molar-refractivity contribution in [3.05, 3.63) is 41.1 Å². The van der Waals surface area contributed by atoms with E-state index in [9.17, 15) is 4.79 Å². The Hall–Kier alpha value is -1.95. The van der Waals surface area contributed by atoms with Crippen molar-refractivity contribution in [2.75, 3.05) is 18.2 Å². The van der Waals surface area contributed by atoms with Crippen LogP contribution in [-0.4, -0.2) is 29.0 Å². The predicted molar refractivity (Wildman–Crippen MR) is 79.2 cm³/mol. The van der Waals surface area contributed by atoms with Gasteiger partial charge in [0.05, 0.1) is 18.1 Å². The maximum Gasteiger partial charge on any atom is 0.235 e. The summed E-state index contributed by atoms with van der Waals surface area (Å²) < 4.78 is 5.28. The summed E-state index contributed by atoms with van der Waals surface area (Å²) in [6.07, 6.45) is 0. The molecule has 0 saturated heterocycles. The number of ether oxygens (including phenoxy) is 1. The molecule has 2 N–H and O–H groups in total. The molecule has 20 heavy (non-hydrogen) atoms. The monoisotopic (exact) mass is 289 g/mol. The number of anilines is 1. The summed E-state index contributed by atoms with van der Waals surface area (Å²) in [5.41, 5.74) is 3.12. The summed E-state index contributed by atoms with van der Waals surface area (Å²) in [4.78, 5) is 11.7. The van der Waals surface area contributed by atoms with Gasteiger partial charge in [-0.25, -0.2) is 0 Å². The number of aromatic amines is 1. The molecule has 1 atom stereocenters. The van der Waals surface area contributed by atoms with Crippen LogP contribution in [0.25, 0.3) is 0 Å². The number of carbonyl (C=O) groups is 1. The number of thioether (sulfide) groups is 1. The van der Waals surface area contributed by atoms with Gasteiger partial charge < -0.3 is 10.1 Å². The van der Waals surface area contributed by atoms with Gasteiger partial charge in [0.15, 0.2) is 5.82 Å². The van der Waals surface area contributed by atoms with E-state index in [1.807, 2.05) is 31.2 Å². The van der Waals surface area contributed by atoms with E-state index in [0.29, 0.717) is 11.6 Å². The van der Waals surface area contributed by atoms with Gasteiger partial charge in [-0.1, -0.05) is 12.1 Å². The molecule has 1 aromatic heterocycles. The third-order valence-corrected chi connectivity index (χ3v) is 4.56. The lowest BCUT2D eigenvalue weighted by Crippen LogP contribution is -2.12. The first kappa shape index (κ1) is 13.1. The number of fused-ring (bicyclic) bond motifs is 1. The molecule has 6 heteroatoms. The predicted octanol–water partition coefficient (Wildman–Crippen LogP) is 2.50. The van der Waals surface area contributed by atoms with E-state index in [2.05, 4.69) is 15.5 Å². The maximum absolute atomic E-state index is 11.7. The second-order valence-corrected chi connectivity index (χ2v) is 5.72. The number of hydrogen-bond acceptors (Lipinski definition) is 4. The van der Waals surface area contributed by atoms with Crippen LogP contribution in [0.2, 0.25) is 0 Å². The molecule has 0 unspecified atom stereocenters. The number of nitrogens with zero attached hydrogens (tertiary/aromatic N) is 1. The maximum atomic E-state index is 11.7. The number of amides is 1. The summed E-state index contributed by atoms with van der Waals surface area (Å²) in [7, 11) is 1.65. The van der Waals surface area contributed by atoms with E-state index < -0.39 is 0 Å². The summed E-state index contributed by atoms with van der Waals surface area (Å²) >= 11 is 1.60. The topological polar surface area (TPSA) is 67.0 Å². The van der Waals surface area contributed by atoms with Gasteiger partial charge in [-0.05, 0) is 24.6 Å². The zero-order chi connectivity index (χ0) is 14.1. The Morgan fingerprint density at radius 2 is 2.30 bits per heavy atom. The van der Waals surface area contributed by atoms with Gasteiger partial charge in [0, 0.05) is 11.3 Å². The number of H-pyrrole nitrogens is 1. The first-order valence-corrected chi connectivity index (χ1v) is 7.34. The molecule has 3 rings (SSSR count). The number of nitrogens with one attached hydrogen (secondary N) is 2. The average molecular weight is 289 g/mol. The molecule has 0 fully saturated rings. The van der Waals surface area contributed by atoms with Crippen molar-refractivity contribution < 1.29 is 9.53 Å². The van der Waals surface area contributed by atoms with Gasteiger partial charge in [-0.15, -0.1) is 11.8 Å². The molecule has 0 radical (unpaired) electrons. The Balaban J connectivity index is 2.08. The van der Waals surface area contributed by atoms with Crippen molar-refractivity contribution in [2.45, 2.75) is 12.2 Å². The van der Waals surface area contributed by atoms with Gasteiger partial charge in [-0.2, -0.15) is 5.10 Å². The molecule has 1 aromatic carbocycles. The van der Waals surface area contributed by atoms with Crippen LogP contribution in [-0.2, 0) is 4.79 Å². The van der Waals surface area contributed by atoms with E-state index in [0.717, 1.165) is 22.6 Å². The fourth-order valence-corrected chi connectivity index (χ4v) is 3.52. The van der Waals surface area contributed by atoms with Crippen molar-refractivity contribution in [1.82, 2.24) is 10.2 Å². The zero-order valence-corrected chi connectivity index (χ0v) is 12.1. The van der Waals surface area contributed by atoms with Crippen LogP contribution in [0, 0.1) is 6.92 Å². The molecule has 0 aliphatic carbocycles. The molecule has 1 amide bonds. The van der Waals surface area contributed by atoms with Crippen LogP contribution in [0.15, 0.2) is 24.3 Å². The molecule has 0 saturated carbocycles.